The van der Waals surface area contributed by atoms with Crippen LogP contribution in [0.15, 0.2) is 60.8 Å². The number of carboxylic acid groups (broad SMARTS) is 1. The number of hydrogen-bond acceptors (Lipinski definition) is 7. The second-order valence-electron chi connectivity index (χ2n) is 10.0. The minimum absolute atomic E-state index is 0.00150. The quantitative estimate of drug-likeness (QED) is 0.116. The first kappa shape index (κ1) is 31.8. The van der Waals surface area contributed by atoms with Crippen LogP contribution in [0.2, 0.25) is 0 Å². The van der Waals surface area contributed by atoms with Gasteiger partial charge in [-0.15, -0.1) is 0 Å². The summed E-state index contributed by atoms with van der Waals surface area (Å²) >= 11 is 0. The molecule has 0 aliphatic heterocycles. The van der Waals surface area contributed by atoms with Crippen LogP contribution in [0.4, 0.5) is 0 Å². The number of benzene rings is 2. The van der Waals surface area contributed by atoms with Crippen LogP contribution in [0.5, 0.6) is 0 Å². The van der Waals surface area contributed by atoms with E-state index >= 15 is 0 Å². The molecule has 5 atom stereocenters. The van der Waals surface area contributed by atoms with Gasteiger partial charge in [0.2, 0.25) is 23.6 Å². The molecule has 4 amide bonds. The van der Waals surface area contributed by atoms with Crippen LogP contribution in [0, 0.1) is 0 Å². The predicted molar refractivity (Wildman–Crippen MR) is 154 cm³/mol. The van der Waals surface area contributed by atoms with E-state index in [4.69, 9.17) is 11.5 Å². The van der Waals surface area contributed by atoms with Crippen molar-refractivity contribution in [3.05, 3.63) is 71.9 Å². The molecule has 5 unspecified atom stereocenters. The smallest absolute Gasteiger partial charge is 0.326 e. The summed E-state index contributed by atoms with van der Waals surface area (Å²) in [6.45, 7) is 1.34. The summed E-state index contributed by atoms with van der Waals surface area (Å²) in [7, 11) is 0. The Hall–Kier alpha value is -4.75. The SMILES string of the molecule is CC(O)C(N)C(=O)NC(Cc1c[nH]c2ccccc12)C(=O)NC(Cc1ccccc1)C(=O)NC(CCC(N)=O)C(=O)O. The van der Waals surface area contributed by atoms with E-state index in [-0.39, 0.29) is 25.7 Å². The molecule has 0 bridgehead atoms. The van der Waals surface area contributed by atoms with Gasteiger partial charge in [-0.25, -0.2) is 4.79 Å². The lowest BCUT2D eigenvalue weighted by atomic mass is 10.0. The van der Waals surface area contributed by atoms with E-state index in [0.29, 0.717) is 11.1 Å². The van der Waals surface area contributed by atoms with Crippen molar-refractivity contribution in [3.8, 4) is 0 Å². The Balaban J connectivity index is 1.88. The summed E-state index contributed by atoms with van der Waals surface area (Å²) in [4.78, 5) is 65.8. The molecule has 0 saturated heterocycles. The second kappa shape index (κ2) is 14.8. The van der Waals surface area contributed by atoms with Crippen LogP contribution in [-0.2, 0) is 36.8 Å². The van der Waals surface area contributed by atoms with Gasteiger partial charge >= 0.3 is 5.97 Å². The lowest BCUT2D eigenvalue weighted by molar-refractivity contribution is -0.142. The molecule has 0 radical (unpaired) electrons. The highest BCUT2D eigenvalue weighted by Gasteiger charge is 2.32. The number of amides is 4. The van der Waals surface area contributed by atoms with Crippen molar-refractivity contribution in [3.63, 3.8) is 0 Å². The van der Waals surface area contributed by atoms with Gasteiger partial charge < -0.3 is 42.6 Å². The van der Waals surface area contributed by atoms with E-state index in [2.05, 4.69) is 20.9 Å². The van der Waals surface area contributed by atoms with Crippen molar-refractivity contribution in [2.24, 2.45) is 11.5 Å². The molecule has 0 saturated carbocycles. The highest BCUT2D eigenvalue weighted by Crippen LogP contribution is 2.19. The van der Waals surface area contributed by atoms with Gasteiger partial charge in [0.25, 0.3) is 0 Å². The van der Waals surface area contributed by atoms with Gasteiger partial charge in [0.1, 0.15) is 24.2 Å². The normalized spacial score (nSPS) is 14.6. The Morgan fingerprint density at radius 2 is 1.40 bits per heavy atom. The van der Waals surface area contributed by atoms with Gasteiger partial charge in [-0.05, 0) is 30.5 Å². The first-order valence-corrected chi connectivity index (χ1v) is 13.4. The van der Waals surface area contributed by atoms with Crippen LogP contribution in [0.25, 0.3) is 10.9 Å². The van der Waals surface area contributed by atoms with Gasteiger partial charge in [-0.3, -0.25) is 19.2 Å². The standard InChI is InChI=1S/C29H36N6O7/c1-16(36)25(31)28(40)35-23(14-18-15-32-20-10-6-5-9-19(18)20)27(39)34-22(13-17-7-3-2-4-8-17)26(38)33-21(29(41)42)11-12-24(30)37/h2-10,15-16,21-23,25,32,36H,11-14,31H2,1H3,(H2,30,37)(H,33,38)(H,34,39)(H,35,40)(H,41,42). The Morgan fingerprint density at radius 3 is 2.02 bits per heavy atom. The Labute approximate surface area is 242 Å². The Morgan fingerprint density at radius 1 is 0.833 bits per heavy atom. The maximum Gasteiger partial charge on any atom is 0.326 e. The summed E-state index contributed by atoms with van der Waals surface area (Å²) in [6.07, 6.45) is 0.0299. The molecule has 0 fully saturated rings. The maximum atomic E-state index is 13.7. The number of para-hydroxylation sites is 1. The number of rotatable bonds is 15. The van der Waals surface area contributed by atoms with Crippen LogP contribution >= 0.6 is 0 Å². The molecule has 1 heterocycles. The topological polar surface area (TPSA) is 230 Å². The van der Waals surface area contributed by atoms with Crippen molar-refractivity contribution >= 4 is 40.5 Å². The summed E-state index contributed by atoms with van der Waals surface area (Å²) in [6, 6.07) is 10.9. The third kappa shape index (κ3) is 8.88. The number of aromatic amines is 1. The van der Waals surface area contributed by atoms with Crippen molar-refractivity contribution in [2.45, 2.75) is 62.9 Å². The second-order valence-corrected chi connectivity index (χ2v) is 10.0. The minimum Gasteiger partial charge on any atom is -0.480 e. The number of nitrogens with two attached hydrogens (primary N) is 2. The molecule has 0 aliphatic rings. The molecule has 13 nitrogen and oxygen atoms in total. The number of fused-ring (bicyclic) bond motifs is 1. The molecule has 0 aliphatic carbocycles. The van der Waals surface area contributed by atoms with Gasteiger partial charge in [0.05, 0.1) is 6.10 Å². The van der Waals surface area contributed by atoms with Gasteiger partial charge in [-0.1, -0.05) is 48.5 Å². The van der Waals surface area contributed by atoms with Crippen molar-refractivity contribution in [2.75, 3.05) is 0 Å². The van der Waals surface area contributed by atoms with Crippen LogP contribution < -0.4 is 27.4 Å². The molecule has 224 valence electrons. The van der Waals surface area contributed by atoms with Crippen LogP contribution in [0.3, 0.4) is 0 Å². The highest BCUT2D eigenvalue weighted by molar-refractivity contribution is 5.95. The molecular weight excluding hydrogens is 544 g/mol. The number of primary amides is 1. The number of carboxylic acids is 1. The largest absolute Gasteiger partial charge is 0.480 e. The zero-order valence-corrected chi connectivity index (χ0v) is 23.1. The number of H-pyrrole nitrogens is 1. The summed E-state index contributed by atoms with van der Waals surface area (Å²) in [5.74, 6) is -4.40. The molecular formula is C29H36N6O7. The Bertz CT molecular complexity index is 1410. The fourth-order valence-electron chi connectivity index (χ4n) is 4.36. The van der Waals surface area contributed by atoms with Crippen molar-refractivity contribution in [1.29, 1.82) is 0 Å². The predicted octanol–water partition coefficient (Wildman–Crippen LogP) is -0.534. The first-order valence-electron chi connectivity index (χ1n) is 13.4. The average Bonchev–Trinajstić information content (AvgIpc) is 3.36. The summed E-state index contributed by atoms with van der Waals surface area (Å²) in [5.41, 5.74) is 13.1. The molecule has 0 spiro atoms. The van der Waals surface area contributed by atoms with Crippen molar-refractivity contribution in [1.82, 2.24) is 20.9 Å². The van der Waals surface area contributed by atoms with E-state index in [1.54, 1.807) is 36.5 Å². The zero-order valence-electron chi connectivity index (χ0n) is 23.1. The molecule has 2 aromatic carbocycles. The minimum atomic E-state index is -1.43. The summed E-state index contributed by atoms with van der Waals surface area (Å²) in [5, 5.41) is 27.8. The monoisotopic (exact) mass is 580 g/mol. The van der Waals surface area contributed by atoms with Crippen molar-refractivity contribution < 1.29 is 34.2 Å². The van der Waals surface area contributed by atoms with E-state index in [0.717, 1.165) is 10.9 Å². The number of hydrogen-bond donors (Lipinski definition) is 8. The third-order valence-electron chi connectivity index (χ3n) is 6.76. The maximum absolute atomic E-state index is 13.7. The highest BCUT2D eigenvalue weighted by atomic mass is 16.4. The van der Waals surface area contributed by atoms with Gasteiger partial charge in [-0.2, -0.15) is 0 Å². The van der Waals surface area contributed by atoms with Gasteiger partial charge in [0, 0.05) is 36.4 Å². The molecule has 1 aromatic heterocycles. The number of carbonyl (C=O) groups is 5. The molecule has 10 N–H and O–H groups in total. The van der Waals surface area contributed by atoms with E-state index in [9.17, 15) is 34.2 Å². The van der Waals surface area contributed by atoms with Crippen LogP contribution in [-0.4, -0.2) is 75.1 Å². The molecule has 42 heavy (non-hydrogen) atoms. The van der Waals surface area contributed by atoms with E-state index in [1.165, 1.54) is 6.92 Å². The zero-order chi connectivity index (χ0) is 30.8. The number of aliphatic carboxylic acids is 1. The number of aromatic nitrogens is 1. The Kier molecular flexibility index (Phi) is 11.2. The number of carbonyl (C=O) groups excluding carboxylic acids is 4. The number of aliphatic hydroxyl groups is 1. The third-order valence-corrected chi connectivity index (χ3v) is 6.76. The molecule has 3 rings (SSSR count). The summed E-state index contributed by atoms with van der Waals surface area (Å²) < 4.78 is 0. The number of aliphatic hydroxyl groups excluding tert-OH is 1. The van der Waals surface area contributed by atoms with Crippen LogP contribution in [0.1, 0.15) is 30.9 Å². The fraction of sp³-hybridized carbons (Fsp3) is 0.345. The van der Waals surface area contributed by atoms with Gasteiger partial charge in [0.15, 0.2) is 0 Å². The molecule has 13 heteroatoms. The van der Waals surface area contributed by atoms with E-state index in [1.807, 2.05) is 24.3 Å². The molecule has 3 aromatic rings. The fourth-order valence-corrected chi connectivity index (χ4v) is 4.36. The average molecular weight is 581 g/mol. The van der Waals surface area contributed by atoms with E-state index < -0.39 is 59.9 Å². The first-order chi connectivity index (χ1) is 20.0. The number of nitrogens with one attached hydrogen (secondary N) is 4. The lowest BCUT2D eigenvalue weighted by Crippen LogP contribution is -2.59. The lowest BCUT2D eigenvalue weighted by Gasteiger charge is -2.26.